The maximum Gasteiger partial charge on any atom is 0.317 e. The Balaban J connectivity index is 1.69. The van der Waals surface area contributed by atoms with Crippen molar-refractivity contribution in [2.75, 3.05) is 33.2 Å². The van der Waals surface area contributed by atoms with E-state index < -0.39 is 5.97 Å². The summed E-state index contributed by atoms with van der Waals surface area (Å²) in [6.45, 7) is 3.76. The van der Waals surface area contributed by atoms with Crippen LogP contribution in [0.15, 0.2) is 0 Å². The van der Waals surface area contributed by atoms with Crippen LogP contribution < -0.4 is 0 Å². The molecule has 0 spiro atoms. The highest BCUT2D eigenvalue weighted by molar-refractivity contribution is 5.69. The van der Waals surface area contributed by atoms with Gasteiger partial charge in [0.25, 0.3) is 0 Å². The van der Waals surface area contributed by atoms with Crippen molar-refractivity contribution in [3.8, 4) is 0 Å². The topological polar surface area (TPSA) is 43.8 Å². The number of likely N-dealkylation sites (tertiary alicyclic amines) is 1. The van der Waals surface area contributed by atoms with Crippen LogP contribution in [0.2, 0.25) is 0 Å². The lowest BCUT2D eigenvalue weighted by molar-refractivity contribution is -0.138. The first-order valence-corrected chi connectivity index (χ1v) is 8.29. The lowest BCUT2D eigenvalue weighted by Gasteiger charge is -2.26. The standard InChI is InChI=1S/C16H30N2O2/c1-17(13-16(19)20)15-7-4-10-18(12-9-15)11-8-14-5-2-3-6-14/h14-15H,2-13H2,1H3,(H,19,20). The summed E-state index contributed by atoms with van der Waals surface area (Å²) >= 11 is 0. The van der Waals surface area contributed by atoms with E-state index in [1.54, 1.807) is 0 Å². The van der Waals surface area contributed by atoms with Crippen molar-refractivity contribution in [1.29, 1.82) is 0 Å². The summed E-state index contributed by atoms with van der Waals surface area (Å²) < 4.78 is 0. The third-order valence-corrected chi connectivity index (χ3v) is 5.13. The molecule has 116 valence electrons. The van der Waals surface area contributed by atoms with Gasteiger partial charge >= 0.3 is 5.97 Å². The molecule has 0 amide bonds. The fourth-order valence-electron chi connectivity index (χ4n) is 3.81. The Kier molecular flexibility index (Phi) is 6.30. The number of likely N-dealkylation sites (N-methyl/N-ethyl adjacent to an activating group) is 1. The minimum Gasteiger partial charge on any atom is -0.480 e. The van der Waals surface area contributed by atoms with E-state index in [9.17, 15) is 4.79 Å². The van der Waals surface area contributed by atoms with Gasteiger partial charge < -0.3 is 10.0 Å². The van der Waals surface area contributed by atoms with Crippen LogP contribution in [0, 0.1) is 5.92 Å². The van der Waals surface area contributed by atoms with Crippen LogP contribution in [-0.4, -0.2) is 60.1 Å². The van der Waals surface area contributed by atoms with E-state index in [1.165, 1.54) is 51.6 Å². The maximum absolute atomic E-state index is 10.8. The molecule has 4 heteroatoms. The number of carboxylic acid groups (broad SMARTS) is 1. The zero-order chi connectivity index (χ0) is 14.4. The zero-order valence-corrected chi connectivity index (χ0v) is 12.9. The van der Waals surface area contributed by atoms with E-state index in [4.69, 9.17) is 5.11 Å². The minimum absolute atomic E-state index is 0.173. The van der Waals surface area contributed by atoms with Gasteiger partial charge in [-0.05, 0) is 58.3 Å². The molecule has 0 aromatic heterocycles. The molecule has 2 aliphatic rings. The van der Waals surface area contributed by atoms with Gasteiger partial charge in [0.1, 0.15) is 0 Å². The smallest absolute Gasteiger partial charge is 0.317 e. The second kappa shape index (κ2) is 7.99. The summed E-state index contributed by atoms with van der Waals surface area (Å²) in [5, 5.41) is 8.89. The molecular weight excluding hydrogens is 252 g/mol. The molecule has 20 heavy (non-hydrogen) atoms. The summed E-state index contributed by atoms with van der Waals surface area (Å²) in [7, 11) is 1.95. The second-order valence-electron chi connectivity index (χ2n) is 6.67. The highest BCUT2D eigenvalue weighted by Crippen LogP contribution is 2.28. The van der Waals surface area contributed by atoms with E-state index in [1.807, 2.05) is 11.9 Å². The molecule has 0 aromatic rings. The molecule has 1 aliphatic carbocycles. The van der Waals surface area contributed by atoms with Gasteiger partial charge in [0, 0.05) is 6.04 Å². The van der Waals surface area contributed by atoms with E-state index >= 15 is 0 Å². The molecule has 0 aromatic carbocycles. The first-order chi connectivity index (χ1) is 9.65. The second-order valence-corrected chi connectivity index (χ2v) is 6.67. The summed E-state index contributed by atoms with van der Waals surface area (Å²) in [5.74, 6) is 0.263. The van der Waals surface area contributed by atoms with Crippen molar-refractivity contribution >= 4 is 5.97 Å². The Morgan fingerprint density at radius 3 is 2.60 bits per heavy atom. The van der Waals surface area contributed by atoms with Gasteiger partial charge in [-0.1, -0.05) is 25.7 Å². The fraction of sp³-hybridized carbons (Fsp3) is 0.938. The third kappa shape index (κ3) is 5.06. The molecule has 1 aliphatic heterocycles. The summed E-state index contributed by atoms with van der Waals surface area (Å²) in [6, 6.07) is 0.447. The van der Waals surface area contributed by atoms with Crippen molar-refractivity contribution in [3.05, 3.63) is 0 Å². The molecule has 2 rings (SSSR count). The fourth-order valence-corrected chi connectivity index (χ4v) is 3.81. The molecule has 1 unspecified atom stereocenters. The predicted octanol–water partition coefficient (Wildman–Crippen LogP) is 2.44. The van der Waals surface area contributed by atoms with Crippen LogP contribution >= 0.6 is 0 Å². The predicted molar refractivity (Wildman–Crippen MR) is 80.9 cm³/mol. The van der Waals surface area contributed by atoms with Crippen molar-refractivity contribution in [3.63, 3.8) is 0 Å². The van der Waals surface area contributed by atoms with E-state index in [0.29, 0.717) is 6.04 Å². The monoisotopic (exact) mass is 282 g/mol. The highest BCUT2D eigenvalue weighted by Gasteiger charge is 2.22. The SMILES string of the molecule is CN(CC(=O)O)C1CCCN(CCC2CCCC2)CC1. The Morgan fingerprint density at radius 1 is 1.15 bits per heavy atom. The molecule has 1 saturated heterocycles. The van der Waals surface area contributed by atoms with Gasteiger partial charge in [-0.25, -0.2) is 0 Å². The number of aliphatic carboxylic acids is 1. The molecule has 1 heterocycles. The van der Waals surface area contributed by atoms with Crippen LogP contribution in [0.25, 0.3) is 0 Å². The highest BCUT2D eigenvalue weighted by atomic mass is 16.4. The van der Waals surface area contributed by atoms with Crippen LogP contribution in [0.1, 0.15) is 51.4 Å². The van der Waals surface area contributed by atoms with E-state index in [2.05, 4.69) is 4.90 Å². The first kappa shape index (κ1) is 15.8. The number of hydrogen-bond donors (Lipinski definition) is 1. The summed E-state index contributed by atoms with van der Waals surface area (Å²) in [6.07, 6.45) is 10.6. The summed E-state index contributed by atoms with van der Waals surface area (Å²) in [4.78, 5) is 15.4. The van der Waals surface area contributed by atoms with Crippen molar-refractivity contribution in [1.82, 2.24) is 9.80 Å². The number of hydrogen-bond acceptors (Lipinski definition) is 3. The maximum atomic E-state index is 10.8. The Labute approximate surface area is 123 Å². The van der Waals surface area contributed by atoms with Crippen molar-refractivity contribution in [2.45, 2.75) is 57.4 Å². The molecule has 1 atom stereocenters. The Morgan fingerprint density at radius 2 is 1.90 bits per heavy atom. The Bertz CT molecular complexity index is 303. The lowest BCUT2D eigenvalue weighted by atomic mass is 10.0. The number of carboxylic acids is 1. The van der Waals surface area contributed by atoms with Gasteiger partial charge in [0.15, 0.2) is 0 Å². The minimum atomic E-state index is -0.713. The van der Waals surface area contributed by atoms with Gasteiger partial charge in [0.05, 0.1) is 6.54 Å². The third-order valence-electron chi connectivity index (χ3n) is 5.13. The summed E-state index contributed by atoms with van der Waals surface area (Å²) in [5.41, 5.74) is 0. The molecule has 0 bridgehead atoms. The number of nitrogens with zero attached hydrogens (tertiary/aromatic N) is 2. The van der Waals surface area contributed by atoms with Gasteiger partial charge in [-0.3, -0.25) is 9.69 Å². The molecule has 1 saturated carbocycles. The van der Waals surface area contributed by atoms with Crippen LogP contribution in [0.4, 0.5) is 0 Å². The van der Waals surface area contributed by atoms with Gasteiger partial charge in [-0.2, -0.15) is 0 Å². The van der Waals surface area contributed by atoms with Gasteiger partial charge in [0.2, 0.25) is 0 Å². The quantitative estimate of drug-likeness (QED) is 0.812. The molecule has 4 nitrogen and oxygen atoms in total. The van der Waals surface area contributed by atoms with Crippen LogP contribution in [-0.2, 0) is 4.79 Å². The van der Waals surface area contributed by atoms with Gasteiger partial charge in [-0.15, -0.1) is 0 Å². The van der Waals surface area contributed by atoms with E-state index in [-0.39, 0.29) is 6.54 Å². The zero-order valence-electron chi connectivity index (χ0n) is 12.9. The number of carbonyl (C=O) groups is 1. The first-order valence-electron chi connectivity index (χ1n) is 8.29. The van der Waals surface area contributed by atoms with Crippen molar-refractivity contribution in [2.24, 2.45) is 5.92 Å². The molecule has 1 N–H and O–H groups in total. The Hall–Kier alpha value is -0.610. The van der Waals surface area contributed by atoms with Crippen LogP contribution in [0.3, 0.4) is 0 Å². The normalized spacial score (nSPS) is 26.0. The van der Waals surface area contributed by atoms with Crippen molar-refractivity contribution < 1.29 is 9.90 Å². The average Bonchev–Trinajstić information content (AvgIpc) is 2.80. The molecular formula is C16H30N2O2. The largest absolute Gasteiger partial charge is 0.480 e. The molecule has 0 radical (unpaired) electrons. The number of rotatable bonds is 6. The van der Waals surface area contributed by atoms with Crippen LogP contribution in [0.5, 0.6) is 0 Å². The average molecular weight is 282 g/mol. The molecule has 2 fully saturated rings. The van der Waals surface area contributed by atoms with E-state index in [0.717, 1.165) is 25.3 Å². The lowest BCUT2D eigenvalue weighted by Crippen LogP contribution is -2.36.